The number of aromatic nitrogens is 4. The molecule has 196 valence electrons. The Morgan fingerprint density at radius 2 is 1.83 bits per heavy atom. The van der Waals surface area contributed by atoms with Crippen molar-refractivity contribution in [1.82, 2.24) is 34.7 Å². The minimum Gasteiger partial charge on any atom is -0.423 e. The van der Waals surface area contributed by atoms with Crippen LogP contribution in [0.4, 0.5) is 0 Å². The predicted molar refractivity (Wildman–Crippen MR) is 133 cm³/mol. The maximum absolute atomic E-state index is 13.2. The Kier molecular flexibility index (Phi) is 7.14. The number of amides is 2. The van der Waals surface area contributed by atoms with Gasteiger partial charge in [-0.3, -0.25) is 19.2 Å². The van der Waals surface area contributed by atoms with Gasteiger partial charge in [-0.1, -0.05) is 13.8 Å². The van der Waals surface area contributed by atoms with Crippen LogP contribution in [-0.4, -0.2) is 85.8 Å². The van der Waals surface area contributed by atoms with Gasteiger partial charge in [0.2, 0.25) is 17.7 Å². The Bertz CT molecular complexity index is 1060. The van der Waals surface area contributed by atoms with E-state index >= 15 is 0 Å². The fourth-order valence-corrected chi connectivity index (χ4v) is 5.95. The Morgan fingerprint density at radius 3 is 2.47 bits per heavy atom. The van der Waals surface area contributed by atoms with Gasteiger partial charge in [-0.2, -0.15) is 5.10 Å². The summed E-state index contributed by atoms with van der Waals surface area (Å²) in [4.78, 5) is 32.4. The Labute approximate surface area is 213 Å². The van der Waals surface area contributed by atoms with E-state index < -0.39 is 0 Å². The Morgan fingerprint density at radius 1 is 1.08 bits per heavy atom. The van der Waals surface area contributed by atoms with Crippen LogP contribution in [0.15, 0.2) is 16.7 Å². The molecule has 0 N–H and O–H groups in total. The number of aryl methyl sites for hydroxylation is 1. The lowest BCUT2D eigenvalue weighted by Gasteiger charge is -2.39. The lowest BCUT2D eigenvalue weighted by Crippen LogP contribution is -2.46. The average Bonchev–Trinajstić information content (AvgIpc) is 3.64. The number of piperidine rings is 2. The second-order valence-corrected chi connectivity index (χ2v) is 11.0. The lowest BCUT2D eigenvalue weighted by atomic mass is 9.76. The third-order valence-corrected chi connectivity index (χ3v) is 8.18. The number of rotatable bonds is 6. The smallest absolute Gasteiger partial charge is 0.274 e. The first-order chi connectivity index (χ1) is 17.4. The maximum Gasteiger partial charge on any atom is 0.274 e. The molecule has 3 fully saturated rings. The van der Waals surface area contributed by atoms with Crippen LogP contribution in [0.5, 0.6) is 0 Å². The number of hydrogen-bond acceptors (Lipinski definition) is 7. The molecule has 5 rings (SSSR count). The molecule has 2 aromatic heterocycles. The fraction of sp³-hybridized carbons (Fsp3) is 0.731. The summed E-state index contributed by atoms with van der Waals surface area (Å²) in [5, 5.41) is 13.1. The van der Waals surface area contributed by atoms with Crippen molar-refractivity contribution in [3.05, 3.63) is 29.7 Å². The molecule has 10 heteroatoms. The van der Waals surface area contributed by atoms with E-state index in [0.29, 0.717) is 37.1 Å². The quantitative estimate of drug-likeness (QED) is 0.604. The van der Waals surface area contributed by atoms with E-state index in [-0.39, 0.29) is 29.2 Å². The summed E-state index contributed by atoms with van der Waals surface area (Å²) in [6.07, 6.45) is 7.88. The van der Waals surface area contributed by atoms with Gasteiger partial charge in [-0.15, -0.1) is 10.2 Å². The molecule has 0 saturated carbocycles. The van der Waals surface area contributed by atoms with Crippen LogP contribution in [0.2, 0.25) is 0 Å². The largest absolute Gasteiger partial charge is 0.423 e. The van der Waals surface area contributed by atoms with E-state index in [9.17, 15) is 9.59 Å². The molecule has 2 amide bonds. The highest BCUT2D eigenvalue weighted by molar-refractivity contribution is 5.92. The highest BCUT2D eigenvalue weighted by Gasteiger charge is 2.49. The van der Waals surface area contributed by atoms with E-state index in [1.807, 2.05) is 36.8 Å². The first-order valence-corrected chi connectivity index (χ1v) is 13.6. The minimum atomic E-state index is -0.0683. The monoisotopic (exact) mass is 497 g/mol. The summed E-state index contributed by atoms with van der Waals surface area (Å²) >= 11 is 0. The summed E-state index contributed by atoms with van der Waals surface area (Å²) in [6.45, 7) is 11.1. The summed E-state index contributed by atoms with van der Waals surface area (Å²) in [5.74, 6) is 1.61. The van der Waals surface area contributed by atoms with E-state index in [1.54, 1.807) is 10.7 Å². The predicted octanol–water partition coefficient (Wildman–Crippen LogP) is 3.09. The third-order valence-electron chi connectivity index (χ3n) is 8.18. The summed E-state index contributed by atoms with van der Waals surface area (Å²) in [7, 11) is 0. The van der Waals surface area contributed by atoms with Crippen molar-refractivity contribution in [2.24, 2.45) is 5.41 Å². The molecule has 0 aromatic carbocycles. The van der Waals surface area contributed by atoms with Crippen molar-refractivity contribution >= 4 is 11.8 Å². The lowest BCUT2D eigenvalue weighted by molar-refractivity contribution is -0.133. The number of likely N-dealkylation sites (tertiary alicyclic amines) is 3. The molecule has 1 atom stereocenters. The number of nitrogens with zero attached hydrogens (tertiary/aromatic N) is 7. The maximum atomic E-state index is 13.2. The van der Waals surface area contributed by atoms with E-state index in [4.69, 9.17) is 4.42 Å². The molecule has 2 aromatic rings. The fourth-order valence-electron chi connectivity index (χ4n) is 5.95. The Hall–Kier alpha value is -2.75. The second-order valence-electron chi connectivity index (χ2n) is 11.0. The van der Waals surface area contributed by atoms with Crippen LogP contribution in [-0.2, 0) is 11.3 Å². The van der Waals surface area contributed by atoms with Gasteiger partial charge in [0.1, 0.15) is 5.69 Å². The van der Waals surface area contributed by atoms with Crippen molar-refractivity contribution in [1.29, 1.82) is 0 Å². The van der Waals surface area contributed by atoms with Gasteiger partial charge < -0.3 is 14.2 Å². The average molecular weight is 498 g/mol. The number of hydrogen-bond donors (Lipinski definition) is 0. The Balaban J connectivity index is 1.29. The molecule has 36 heavy (non-hydrogen) atoms. The molecule has 0 aliphatic carbocycles. The molecule has 10 nitrogen and oxygen atoms in total. The zero-order valence-corrected chi connectivity index (χ0v) is 21.9. The molecule has 1 unspecified atom stereocenters. The summed E-state index contributed by atoms with van der Waals surface area (Å²) in [6, 6.07) is 1.73. The first-order valence-electron chi connectivity index (χ1n) is 13.6. The van der Waals surface area contributed by atoms with Crippen LogP contribution < -0.4 is 0 Å². The normalized spacial score (nSPS) is 22.6. The second kappa shape index (κ2) is 10.3. The molecule has 1 spiro atoms. The molecule has 5 heterocycles. The summed E-state index contributed by atoms with van der Waals surface area (Å²) < 4.78 is 7.87. The number of carbonyl (C=O) groups excluding carboxylic acids is 2. The molecule has 3 aliphatic rings. The van der Waals surface area contributed by atoms with Gasteiger partial charge in [0.15, 0.2) is 0 Å². The van der Waals surface area contributed by atoms with Crippen molar-refractivity contribution in [3.63, 3.8) is 0 Å². The van der Waals surface area contributed by atoms with E-state index in [1.165, 1.54) is 6.42 Å². The summed E-state index contributed by atoms with van der Waals surface area (Å²) in [5.41, 5.74) is 0.539. The van der Waals surface area contributed by atoms with Crippen molar-refractivity contribution in [3.8, 4) is 0 Å². The van der Waals surface area contributed by atoms with Crippen LogP contribution in [0.25, 0.3) is 0 Å². The molecule has 3 saturated heterocycles. The van der Waals surface area contributed by atoms with Crippen LogP contribution in [0.1, 0.15) is 93.5 Å². The van der Waals surface area contributed by atoms with Crippen molar-refractivity contribution in [2.75, 3.05) is 39.3 Å². The third kappa shape index (κ3) is 5.05. The van der Waals surface area contributed by atoms with E-state index in [2.05, 4.69) is 20.2 Å². The van der Waals surface area contributed by atoms with Crippen LogP contribution >= 0.6 is 0 Å². The zero-order valence-electron chi connectivity index (χ0n) is 21.9. The SMILES string of the molecule is CCn1ccc(C(=O)N2CCC3(CC2)CC(c2nnc(C(C)C)o2)N(CC(=O)N2CCCCC2)C3)n1. The van der Waals surface area contributed by atoms with Crippen molar-refractivity contribution < 1.29 is 14.0 Å². The molecular formula is C26H39N7O3. The van der Waals surface area contributed by atoms with Crippen molar-refractivity contribution in [2.45, 2.75) is 77.8 Å². The van der Waals surface area contributed by atoms with Gasteiger partial charge in [-0.25, -0.2) is 0 Å². The highest BCUT2D eigenvalue weighted by atomic mass is 16.4. The first kappa shape index (κ1) is 24.9. The van der Waals surface area contributed by atoms with Gasteiger partial charge in [0.05, 0.1) is 12.6 Å². The topological polar surface area (TPSA) is 101 Å². The zero-order chi connectivity index (χ0) is 25.3. The van der Waals surface area contributed by atoms with Gasteiger partial charge in [-0.05, 0) is 56.9 Å². The van der Waals surface area contributed by atoms with Gasteiger partial charge >= 0.3 is 0 Å². The molecular weight excluding hydrogens is 458 g/mol. The number of carbonyl (C=O) groups is 2. The highest BCUT2D eigenvalue weighted by Crippen LogP contribution is 2.49. The van der Waals surface area contributed by atoms with Gasteiger partial charge in [0, 0.05) is 51.4 Å². The molecule has 3 aliphatic heterocycles. The minimum absolute atomic E-state index is 0.00204. The van der Waals surface area contributed by atoms with Crippen LogP contribution in [0, 0.1) is 5.41 Å². The standard InChI is InChI=1S/C26H39N7O3/c1-4-33-13-8-20(29-33)25(35)31-14-9-26(10-15-31)16-21(24-28-27-23(36-24)19(2)3)32(18-26)17-22(34)30-11-6-5-7-12-30/h8,13,19,21H,4-7,9-12,14-18H2,1-3H3. The molecule has 0 radical (unpaired) electrons. The van der Waals surface area contributed by atoms with E-state index in [0.717, 1.165) is 58.3 Å². The molecule has 0 bridgehead atoms. The van der Waals surface area contributed by atoms with Gasteiger partial charge in [0.25, 0.3) is 5.91 Å². The van der Waals surface area contributed by atoms with Crippen LogP contribution in [0.3, 0.4) is 0 Å².